The third-order valence-corrected chi connectivity index (χ3v) is 4.35. The molecule has 1 aliphatic rings. The molecule has 7 heteroatoms. The van der Waals surface area contributed by atoms with E-state index in [1.165, 1.54) is 7.11 Å². The van der Waals surface area contributed by atoms with Crippen LogP contribution >= 0.6 is 0 Å². The van der Waals surface area contributed by atoms with Gasteiger partial charge in [-0.05, 0) is 18.6 Å². The number of rotatable bonds is 3. The third-order valence-electron chi connectivity index (χ3n) is 4.35. The highest BCUT2D eigenvalue weighted by atomic mass is 16.5. The maximum Gasteiger partial charge on any atom is 0.278 e. The summed E-state index contributed by atoms with van der Waals surface area (Å²) in [5.74, 6) is 0.318. The molecule has 0 N–H and O–H groups in total. The van der Waals surface area contributed by atoms with E-state index < -0.39 is 0 Å². The third kappa shape index (κ3) is 3.65. The van der Waals surface area contributed by atoms with Crippen molar-refractivity contribution >= 4 is 11.8 Å². The Kier molecular flexibility index (Phi) is 5.02. The molecule has 1 aromatic carbocycles. The molecule has 2 heterocycles. The van der Waals surface area contributed by atoms with Crippen LogP contribution in [0.3, 0.4) is 0 Å². The standard InChI is InChI=1S/C18H22N4O3/c1-14(23)20-9-6-10-21(12-11-20)18(24)17-16(25-2)13-22(19-17)15-7-4-3-5-8-15/h3-5,7-8,13H,6,9-12H2,1-2H3. The first kappa shape index (κ1) is 17.0. The van der Waals surface area contributed by atoms with Crippen LogP contribution in [-0.4, -0.2) is 64.7 Å². The zero-order valence-electron chi connectivity index (χ0n) is 14.5. The second kappa shape index (κ2) is 7.38. The van der Waals surface area contributed by atoms with Gasteiger partial charge in [0.25, 0.3) is 5.91 Å². The summed E-state index contributed by atoms with van der Waals surface area (Å²) in [7, 11) is 1.53. The number of para-hydroxylation sites is 1. The van der Waals surface area contributed by atoms with Crippen LogP contribution in [0.5, 0.6) is 5.75 Å². The summed E-state index contributed by atoms with van der Waals surface area (Å²) in [5, 5.41) is 4.43. The summed E-state index contributed by atoms with van der Waals surface area (Å²) in [6.45, 7) is 3.88. The molecule has 2 aromatic rings. The maximum absolute atomic E-state index is 12.9. The van der Waals surface area contributed by atoms with E-state index in [4.69, 9.17) is 4.74 Å². The van der Waals surface area contributed by atoms with E-state index in [2.05, 4.69) is 5.10 Å². The number of methoxy groups -OCH3 is 1. The number of carbonyl (C=O) groups excluding carboxylic acids is 2. The lowest BCUT2D eigenvalue weighted by atomic mass is 10.3. The Hall–Kier alpha value is -2.83. The predicted molar refractivity (Wildman–Crippen MR) is 92.9 cm³/mol. The predicted octanol–water partition coefficient (Wildman–Crippen LogP) is 1.58. The molecule has 0 aliphatic carbocycles. The van der Waals surface area contributed by atoms with Crippen molar-refractivity contribution in [2.75, 3.05) is 33.3 Å². The van der Waals surface area contributed by atoms with Crippen LogP contribution in [0, 0.1) is 0 Å². The molecular formula is C18H22N4O3. The SMILES string of the molecule is COc1cn(-c2ccccc2)nc1C(=O)N1CCCN(C(C)=O)CC1. The van der Waals surface area contributed by atoms with Gasteiger partial charge >= 0.3 is 0 Å². The highest BCUT2D eigenvalue weighted by Gasteiger charge is 2.26. The molecule has 25 heavy (non-hydrogen) atoms. The molecule has 0 radical (unpaired) electrons. The molecule has 0 saturated carbocycles. The minimum Gasteiger partial charge on any atom is -0.493 e. The first-order valence-corrected chi connectivity index (χ1v) is 8.34. The largest absolute Gasteiger partial charge is 0.493 e. The molecule has 132 valence electrons. The Balaban J connectivity index is 1.82. The molecule has 0 bridgehead atoms. The second-order valence-electron chi connectivity index (χ2n) is 5.98. The van der Waals surface area contributed by atoms with Crippen molar-refractivity contribution in [3.05, 3.63) is 42.2 Å². The maximum atomic E-state index is 12.9. The molecule has 0 unspecified atom stereocenters. The average molecular weight is 342 g/mol. The van der Waals surface area contributed by atoms with Crippen LogP contribution in [0.4, 0.5) is 0 Å². The number of nitrogens with zero attached hydrogens (tertiary/aromatic N) is 4. The Labute approximate surface area is 146 Å². The molecule has 0 spiro atoms. The molecule has 2 amide bonds. The van der Waals surface area contributed by atoms with Crippen LogP contribution in [-0.2, 0) is 4.79 Å². The van der Waals surface area contributed by atoms with E-state index >= 15 is 0 Å². The van der Waals surface area contributed by atoms with Crippen LogP contribution < -0.4 is 4.74 Å². The molecule has 3 rings (SSSR count). The zero-order valence-corrected chi connectivity index (χ0v) is 14.5. The number of aromatic nitrogens is 2. The smallest absolute Gasteiger partial charge is 0.278 e. The Morgan fingerprint density at radius 1 is 1.04 bits per heavy atom. The fourth-order valence-corrected chi connectivity index (χ4v) is 2.95. The van der Waals surface area contributed by atoms with Gasteiger partial charge in [0.1, 0.15) is 0 Å². The van der Waals surface area contributed by atoms with E-state index in [0.717, 1.165) is 12.1 Å². The number of ether oxygens (including phenoxy) is 1. The van der Waals surface area contributed by atoms with Gasteiger partial charge in [-0.25, -0.2) is 4.68 Å². The summed E-state index contributed by atoms with van der Waals surface area (Å²) in [6, 6.07) is 9.58. The molecule has 0 atom stereocenters. The molecule has 1 aliphatic heterocycles. The van der Waals surface area contributed by atoms with Crippen molar-refractivity contribution in [3.63, 3.8) is 0 Å². The van der Waals surface area contributed by atoms with Crippen molar-refractivity contribution in [3.8, 4) is 11.4 Å². The van der Waals surface area contributed by atoms with Gasteiger partial charge < -0.3 is 14.5 Å². The molecule has 1 saturated heterocycles. The van der Waals surface area contributed by atoms with Gasteiger partial charge in [0.15, 0.2) is 11.4 Å². The van der Waals surface area contributed by atoms with Crippen LogP contribution in [0.15, 0.2) is 36.5 Å². The van der Waals surface area contributed by atoms with Crippen molar-refractivity contribution in [2.45, 2.75) is 13.3 Å². The normalized spacial score (nSPS) is 15.0. The van der Waals surface area contributed by atoms with Gasteiger partial charge in [-0.1, -0.05) is 18.2 Å². The highest BCUT2D eigenvalue weighted by Crippen LogP contribution is 2.21. The van der Waals surface area contributed by atoms with Crippen LogP contribution in [0.25, 0.3) is 5.69 Å². The minimum atomic E-state index is -0.170. The van der Waals surface area contributed by atoms with Crippen molar-refractivity contribution in [1.82, 2.24) is 19.6 Å². The number of carbonyl (C=O) groups is 2. The van der Waals surface area contributed by atoms with E-state index in [0.29, 0.717) is 37.6 Å². The number of amides is 2. The fourth-order valence-electron chi connectivity index (χ4n) is 2.95. The van der Waals surface area contributed by atoms with E-state index in [1.54, 1.807) is 27.6 Å². The zero-order chi connectivity index (χ0) is 17.8. The Bertz CT molecular complexity index is 757. The van der Waals surface area contributed by atoms with E-state index in [-0.39, 0.29) is 11.8 Å². The minimum absolute atomic E-state index is 0.0419. The van der Waals surface area contributed by atoms with Gasteiger partial charge in [0.05, 0.1) is 19.0 Å². The van der Waals surface area contributed by atoms with Crippen molar-refractivity contribution < 1.29 is 14.3 Å². The highest BCUT2D eigenvalue weighted by molar-refractivity contribution is 5.95. The number of hydrogen-bond acceptors (Lipinski definition) is 4. The number of hydrogen-bond donors (Lipinski definition) is 0. The topological polar surface area (TPSA) is 67.7 Å². The molecule has 7 nitrogen and oxygen atoms in total. The lowest BCUT2D eigenvalue weighted by molar-refractivity contribution is -0.128. The molecular weight excluding hydrogens is 320 g/mol. The van der Waals surface area contributed by atoms with E-state index in [1.807, 2.05) is 30.3 Å². The fraction of sp³-hybridized carbons (Fsp3) is 0.389. The summed E-state index contributed by atoms with van der Waals surface area (Å²) in [4.78, 5) is 28.0. The molecule has 1 fully saturated rings. The Morgan fingerprint density at radius 2 is 1.72 bits per heavy atom. The van der Waals surface area contributed by atoms with Crippen molar-refractivity contribution in [2.24, 2.45) is 0 Å². The summed E-state index contributed by atoms with van der Waals surface area (Å²) < 4.78 is 7.00. The lowest BCUT2D eigenvalue weighted by Crippen LogP contribution is -2.36. The van der Waals surface area contributed by atoms with Gasteiger partial charge in [0, 0.05) is 33.1 Å². The first-order chi connectivity index (χ1) is 12.1. The van der Waals surface area contributed by atoms with Gasteiger partial charge in [-0.3, -0.25) is 9.59 Å². The first-order valence-electron chi connectivity index (χ1n) is 8.34. The Morgan fingerprint density at radius 3 is 2.40 bits per heavy atom. The van der Waals surface area contributed by atoms with Gasteiger partial charge in [0.2, 0.25) is 5.91 Å². The lowest BCUT2D eigenvalue weighted by Gasteiger charge is -2.20. The molecule has 1 aromatic heterocycles. The monoisotopic (exact) mass is 342 g/mol. The van der Waals surface area contributed by atoms with Crippen LogP contribution in [0.1, 0.15) is 23.8 Å². The van der Waals surface area contributed by atoms with Gasteiger partial charge in [-0.15, -0.1) is 0 Å². The second-order valence-corrected chi connectivity index (χ2v) is 5.98. The summed E-state index contributed by atoms with van der Waals surface area (Å²) >= 11 is 0. The van der Waals surface area contributed by atoms with Crippen LogP contribution in [0.2, 0.25) is 0 Å². The van der Waals surface area contributed by atoms with Gasteiger partial charge in [-0.2, -0.15) is 5.10 Å². The quantitative estimate of drug-likeness (QED) is 0.849. The summed E-state index contributed by atoms with van der Waals surface area (Å²) in [6.07, 6.45) is 2.47. The average Bonchev–Trinajstić information content (AvgIpc) is 2.91. The van der Waals surface area contributed by atoms with Crippen molar-refractivity contribution in [1.29, 1.82) is 0 Å². The summed E-state index contributed by atoms with van der Waals surface area (Å²) in [5.41, 5.74) is 1.15. The van der Waals surface area contributed by atoms with E-state index in [9.17, 15) is 9.59 Å². The number of benzene rings is 1.